The van der Waals surface area contributed by atoms with Crippen LogP contribution in [-0.4, -0.2) is 45.4 Å². The number of ether oxygens (including phenoxy) is 3. The second-order valence-electron chi connectivity index (χ2n) is 8.07. The van der Waals surface area contributed by atoms with Crippen LogP contribution in [0.5, 0.6) is 11.5 Å². The van der Waals surface area contributed by atoms with Gasteiger partial charge in [0.15, 0.2) is 0 Å². The summed E-state index contributed by atoms with van der Waals surface area (Å²) in [5.41, 5.74) is 3.87. The molecule has 1 N–H and O–H groups in total. The molecule has 0 spiro atoms. The molecule has 3 aromatic carbocycles. The normalized spacial score (nSPS) is 13.9. The van der Waals surface area contributed by atoms with Gasteiger partial charge >= 0.3 is 0 Å². The Morgan fingerprint density at radius 2 is 1.54 bits per heavy atom. The van der Waals surface area contributed by atoms with Crippen molar-refractivity contribution < 1.29 is 19.0 Å². The van der Waals surface area contributed by atoms with Crippen molar-refractivity contribution in [3.8, 4) is 11.5 Å². The van der Waals surface area contributed by atoms with E-state index in [1.54, 1.807) is 0 Å². The number of benzene rings is 3. The fraction of sp³-hybridized carbons (Fsp3) is 0.276. The van der Waals surface area contributed by atoms with Crippen molar-refractivity contribution in [1.82, 2.24) is 0 Å². The molecule has 6 nitrogen and oxygen atoms in total. The second kappa shape index (κ2) is 12.1. The lowest BCUT2D eigenvalue weighted by Crippen LogP contribution is -2.36. The highest BCUT2D eigenvalue weighted by Crippen LogP contribution is 2.39. The van der Waals surface area contributed by atoms with Crippen molar-refractivity contribution in [3.63, 3.8) is 0 Å². The molecule has 0 atom stereocenters. The topological polar surface area (TPSA) is 60.0 Å². The van der Waals surface area contributed by atoms with Gasteiger partial charge in [0.05, 0.1) is 37.8 Å². The predicted octanol–water partition coefficient (Wildman–Crippen LogP) is 5.50. The summed E-state index contributed by atoms with van der Waals surface area (Å²) in [5.74, 6) is 1.10. The molecule has 0 aromatic heterocycles. The van der Waals surface area contributed by atoms with E-state index < -0.39 is 0 Å². The number of rotatable bonds is 9. The Bertz CT molecular complexity index is 1140. The molecule has 0 bridgehead atoms. The highest BCUT2D eigenvalue weighted by atomic mass is 16.5. The Hall–Kier alpha value is -3.77. The number of carbonyl (C=O) groups excluding carboxylic acids is 1. The van der Waals surface area contributed by atoms with Crippen LogP contribution in [0.25, 0.3) is 11.6 Å². The minimum absolute atomic E-state index is 0.220. The first-order chi connectivity index (χ1) is 17.2. The van der Waals surface area contributed by atoms with Gasteiger partial charge in [-0.05, 0) is 31.1 Å². The van der Waals surface area contributed by atoms with Gasteiger partial charge in [0, 0.05) is 30.8 Å². The fourth-order valence-electron chi connectivity index (χ4n) is 4.05. The molecule has 1 amide bonds. The molecule has 0 aliphatic carbocycles. The largest absolute Gasteiger partial charge is 0.492 e. The van der Waals surface area contributed by atoms with Crippen molar-refractivity contribution >= 4 is 28.9 Å². The van der Waals surface area contributed by atoms with Crippen molar-refractivity contribution in [2.24, 2.45) is 0 Å². The third-order valence-electron chi connectivity index (χ3n) is 5.70. The van der Waals surface area contributed by atoms with Gasteiger partial charge in [-0.2, -0.15) is 0 Å². The zero-order valence-corrected chi connectivity index (χ0v) is 20.3. The Morgan fingerprint density at radius 1 is 0.914 bits per heavy atom. The molecular formula is C29H32N2O4. The van der Waals surface area contributed by atoms with Crippen molar-refractivity contribution in [3.05, 3.63) is 83.9 Å². The van der Waals surface area contributed by atoms with Crippen LogP contribution in [0.2, 0.25) is 0 Å². The molecule has 0 radical (unpaired) electrons. The van der Waals surface area contributed by atoms with E-state index in [1.807, 2.05) is 92.7 Å². The quantitative estimate of drug-likeness (QED) is 0.329. The van der Waals surface area contributed by atoms with E-state index in [0.717, 1.165) is 29.9 Å². The Morgan fingerprint density at radius 3 is 2.20 bits per heavy atom. The molecule has 1 fully saturated rings. The standard InChI is InChI=1S/C29H32N2O4/c1-3-34-27-21-26(31-15-17-33-18-16-31)28(35-4-2)20-25(27)30-29(32)24(23-13-9-6-10-14-23)19-22-11-7-5-8-12-22/h5-14,19-21H,3-4,15-18H2,1-2H3,(H,30,32). The molecule has 1 aliphatic rings. The maximum Gasteiger partial charge on any atom is 0.256 e. The van der Waals surface area contributed by atoms with E-state index in [-0.39, 0.29) is 5.91 Å². The molecule has 1 aliphatic heterocycles. The number of amides is 1. The number of nitrogens with one attached hydrogen (secondary N) is 1. The average molecular weight is 473 g/mol. The van der Waals surface area contributed by atoms with Gasteiger partial charge in [-0.15, -0.1) is 0 Å². The van der Waals surface area contributed by atoms with Crippen LogP contribution in [0.4, 0.5) is 11.4 Å². The lowest BCUT2D eigenvalue weighted by Gasteiger charge is -2.31. The highest BCUT2D eigenvalue weighted by Gasteiger charge is 2.21. The van der Waals surface area contributed by atoms with Crippen LogP contribution in [-0.2, 0) is 9.53 Å². The van der Waals surface area contributed by atoms with Crippen LogP contribution in [0.1, 0.15) is 25.0 Å². The lowest BCUT2D eigenvalue weighted by atomic mass is 10.0. The van der Waals surface area contributed by atoms with E-state index in [1.165, 1.54) is 0 Å². The highest BCUT2D eigenvalue weighted by molar-refractivity contribution is 6.29. The van der Waals surface area contributed by atoms with Gasteiger partial charge < -0.3 is 24.4 Å². The Balaban J connectivity index is 1.71. The maximum absolute atomic E-state index is 13.6. The molecule has 182 valence electrons. The number of nitrogens with zero attached hydrogens (tertiary/aromatic N) is 1. The summed E-state index contributed by atoms with van der Waals surface area (Å²) in [6.07, 6.45) is 1.90. The number of morpholine rings is 1. The third kappa shape index (κ3) is 6.22. The van der Waals surface area contributed by atoms with Crippen LogP contribution in [0.15, 0.2) is 72.8 Å². The smallest absolute Gasteiger partial charge is 0.256 e. The molecule has 4 rings (SSSR count). The van der Waals surface area contributed by atoms with Gasteiger partial charge in [0.25, 0.3) is 5.91 Å². The predicted molar refractivity (Wildman–Crippen MR) is 141 cm³/mol. The van der Waals surface area contributed by atoms with E-state index in [0.29, 0.717) is 49.2 Å². The first kappa shape index (κ1) is 24.4. The van der Waals surface area contributed by atoms with Gasteiger partial charge in [0.2, 0.25) is 0 Å². The minimum Gasteiger partial charge on any atom is -0.492 e. The van der Waals surface area contributed by atoms with Gasteiger partial charge in [-0.1, -0.05) is 60.7 Å². The summed E-state index contributed by atoms with van der Waals surface area (Å²) in [5, 5.41) is 3.09. The first-order valence-corrected chi connectivity index (χ1v) is 12.1. The SMILES string of the molecule is CCOc1cc(N2CCOCC2)c(OCC)cc1NC(=O)C(=Cc1ccccc1)c1ccccc1. The van der Waals surface area contributed by atoms with Crippen molar-refractivity contribution in [2.75, 3.05) is 49.7 Å². The second-order valence-corrected chi connectivity index (χ2v) is 8.07. The van der Waals surface area contributed by atoms with Crippen molar-refractivity contribution in [2.45, 2.75) is 13.8 Å². The van der Waals surface area contributed by atoms with Crippen LogP contribution in [0, 0.1) is 0 Å². The summed E-state index contributed by atoms with van der Waals surface area (Å²) < 4.78 is 17.5. The average Bonchev–Trinajstić information content (AvgIpc) is 2.90. The number of anilines is 2. The molecule has 1 saturated heterocycles. The summed E-state index contributed by atoms with van der Waals surface area (Å²) in [7, 11) is 0. The summed E-state index contributed by atoms with van der Waals surface area (Å²) in [6, 6.07) is 23.3. The molecule has 6 heteroatoms. The van der Waals surface area contributed by atoms with E-state index in [4.69, 9.17) is 14.2 Å². The maximum atomic E-state index is 13.6. The number of hydrogen-bond donors (Lipinski definition) is 1. The fourth-order valence-corrected chi connectivity index (χ4v) is 4.05. The summed E-state index contributed by atoms with van der Waals surface area (Å²) in [6.45, 7) is 7.75. The summed E-state index contributed by atoms with van der Waals surface area (Å²) in [4.78, 5) is 15.9. The van der Waals surface area contributed by atoms with Crippen molar-refractivity contribution in [1.29, 1.82) is 0 Å². The van der Waals surface area contributed by atoms with E-state index in [9.17, 15) is 4.79 Å². The van der Waals surface area contributed by atoms with Crippen LogP contribution >= 0.6 is 0 Å². The third-order valence-corrected chi connectivity index (χ3v) is 5.70. The molecule has 3 aromatic rings. The van der Waals surface area contributed by atoms with Crippen LogP contribution < -0.4 is 19.7 Å². The van der Waals surface area contributed by atoms with E-state index in [2.05, 4.69) is 10.2 Å². The molecule has 0 saturated carbocycles. The van der Waals surface area contributed by atoms with Crippen LogP contribution in [0.3, 0.4) is 0 Å². The monoisotopic (exact) mass is 472 g/mol. The first-order valence-electron chi connectivity index (χ1n) is 12.1. The van der Waals surface area contributed by atoms with Gasteiger partial charge in [-0.25, -0.2) is 0 Å². The Labute approximate surface area is 207 Å². The zero-order chi connectivity index (χ0) is 24.5. The molecule has 0 unspecified atom stereocenters. The minimum atomic E-state index is -0.220. The molecule has 35 heavy (non-hydrogen) atoms. The number of hydrogen-bond acceptors (Lipinski definition) is 5. The lowest BCUT2D eigenvalue weighted by molar-refractivity contribution is -0.111. The molecular weight excluding hydrogens is 440 g/mol. The van der Waals surface area contributed by atoms with Gasteiger partial charge in [-0.3, -0.25) is 4.79 Å². The summed E-state index contributed by atoms with van der Waals surface area (Å²) >= 11 is 0. The Kier molecular flexibility index (Phi) is 8.41. The molecule has 1 heterocycles. The van der Waals surface area contributed by atoms with Gasteiger partial charge in [0.1, 0.15) is 11.5 Å². The van der Waals surface area contributed by atoms with E-state index >= 15 is 0 Å². The number of carbonyl (C=O) groups is 1. The zero-order valence-electron chi connectivity index (χ0n) is 20.3.